The lowest BCUT2D eigenvalue weighted by Gasteiger charge is -2.10. The summed E-state index contributed by atoms with van der Waals surface area (Å²) >= 11 is 5.92. The number of carbonyl (C=O) groups is 1. The molecule has 0 radical (unpaired) electrons. The molecule has 0 atom stereocenters. The quantitative estimate of drug-likeness (QED) is 0.692. The molecule has 6 nitrogen and oxygen atoms in total. The molecule has 1 heterocycles. The van der Waals surface area contributed by atoms with Crippen LogP contribution in [-0.2, 0) is 6.18 Å². The van der Waals surface area contributed by atoms with Crippen molar-refractivity contribution < 1.29 is 27.2 Å². The average Bonchev–Trinajstić information content (AvgIpc) is 3.12. The first-order chi connectivity index (χ1) is 12.8. The normalized spacial score (nSPS) is 11.3. The lowest BCUT2D eigenvalue weighted by atomic mass is 10.1. The summed E-state index contributed by atoms with van der Waals surface area (Å²) in [5.41, 5.74) is 0.915. The lowest BCUT2D eigenvalue weighted by Crippen LogP contribution is -2.12. The van der Waals surface area contributed by atoms with Crippen LogP contribution in [0.4, 0.5) is 18.9 Å². The summed E-state index contributed by atoms with van der Waals surface area (Å²) in [4.78, 5) is 15.7. The number of anilines is 1. The standard InChI is InChI=1S/C17H11ClF3N3O3/c1-26-13-7-6-11(18)8-12(13)22-15(25)10-4-2-9(3-5-10)14-23-16(27-24-14)17(19,20)21/h2-8H,1H3,(H,22,25). The van der Waals surface area contributed by atoms with E-state index in [0.29, 0.717) is 16.5 Å². The van der Waals surface area contributed by atoms with Gasteiger partial charge in [0.2, 0.25) is 5.82 Å². The van der Waals surface area contributed by atoms with Gasteiger partial charge in [-0.3, -0.25) is 4.79 Å². The van der Waals surface area contributed by atoms with E-state index >= 15 is 0 Å². The van der Waals surface area contributed by atoms with Crippen LogP contribution in [-0.4, -0.2) is 23.2 Å². The molecule has 0 fully saturated rings. The minimum absolute atomic E-state index is 0.231. The molecule has 0 spiro atoms. The Bertz CT molecular complexity index is 972. The Morgan fingerprint density at radius 2 is 1.89 bits per heavy atom. The summed E-state index contributed by atoms with van der Waals surface area (Å²) in [5, 5.41) is 6.36. The van der Waals surface area contributed by atoms with Crippen molar-refractivity contribution in [2.75, 3.05) is 12.4 Å². The molecule has 0 aliphatic rings. The van der Waals surface area contributed by atoms with Gasteiger partial charge in [-0.1, -0.05) is 28.9 Å². The number of carbonyl (C=O) groups excluding carboxylic acids is 1. The Balaban J connectivity index is 1.78. The van der Waals surface area contributed by atoms with Crippen molar-refractivity contribution in [3.8, 4) is 17.1 Å². The van der Waals surface area contributed by atoms with E-state index in [4.69, 9.17) is 16.3 Å². The van der Waals surface area contributed by atoms with Crippen LogP contribution in [0, 0.1) is 0 Å². The molecule has 0 saturated carbocycles. The highest BCUT2D eigenvalue weighted by atomic mass is 35.5. The number of alkyl halides is 3. The smallest absolute Gasteiger partial charge is 0.471 e. The number of halogens is 4. The van der Waals surface area contributed by atoms with Crippen molar-refractivity contribution in [2.24, 2.45) is 0 Å². The van der Waals surface area contributed by atoms with Gasteiger partial charge in [-0.15, -0.1) is 0 Å². The number of benzene rings is 2. The molecule has 2 aromatic carbocycles. The second-order valence-corrected chi connectivity index (χ2v) is 5.73. The van der Waals surface area contributed by atoms with Crippen LogP contribution in [0.25, 0.3) is 11.4 Å². The van der Waals surface area contributed by atoms with E-state index in [1.807, 2.05) is 0 Å². The number of ether oxygens (including phenoxy) is 1. The Morgan fingerprint density at radius 1 is 1.19 bits per heavy atom. The first-order valence-electron chi connectivity index (χ1n) is 7.44. The fraction of sp³-hybridized carbons (Fsp3) is 0.118. The number of amides is 1. The Labute approximate surface area is 155 Å². The molecule has 3 aromatic rings. The highest BCUT2D eigenvalue weighted by Gasteiger charge is 2.38. The molecule has 0 saturated heterocycles. The third-order valence-corrected chi connectivity index (χ3v) is 3.72. The Hall–Kier alpha value is -3.07. The van der Waals surface area contributed by atoms with Crippen molar-refractivity contribution in [3.05, 3.63) is 58.9 Å². The molecule has 140 valence electrons. The zero-order valence-electron chi connectivity index (χ0n) is 13.7. The highest BCUT2D eigenvalue weighted by Crippen LogP contribution is 2.30. The number of rotatable bonds is 4. The molecule has 1 N–H and O–H groups in total. The summed E-state index contributed by atoms with van der Waals surface area (Å²) in [5.74, 6) is -1.69. The number of nitrogens with zero attached hydrogens (tertiary/aromatic N) is 2. The largest absolute Gasteiger partial charge is 0.495 e. The van der Waals surface area contributed by atoms with Gasteiger partial charge in [0.15, 0.2) is 0 Å². The second-order valence-electron chi connectivity index (χ2n) is 5.30. The highest BCUT2D eigenvalue weighted by molar-refractivity contribution is 6.31. The zero-order valence-corrected chi connectivity index (χ0v) is 14.4. The maximum atomic E-state index is 12.5. The molecule has 0 bridgehead atoms. The SMILES string of the molecule is COc1ccc(Cl)cc1NC(=O)c1ccc(-c2noc(C(F)(F)F)n2)cc1. The van der Waals surface area contributed by atoms with Gasteiger partial charge < -0.3 is 14.6 Å². The molecule has 0 aliphatic heterocycles. The van der Waals surface area contributed by atoms with Gasteiger partial charge in [-0.2, -0.15) is 18.2 Å². The van der Waals surface area contributed by atoms with Gasteiger partial charge in [0, 0.05) is 16.1 Å². The van der Waals surface area contributed by atoms with Crippen LogP contribution in [0.3, 0.4) is 0 Å². The number of hydrogen-bond donors (Lipinski definition) is 1. The predicted molar refractivity (Wildman–Crippen MR) is 90.7 cm³/mol. The predicted octanol–water partition coefficient (Wildman–Crippen LogP) is 4.67. The number of hydrogen-bond acceptors (Lipinski definition) is 5. The maximum Gasteiger partial charge on any atom is 0.471 e. The monoisotopic (exact) mass is 397 g/mol. The van der Waals surface area contributed by atoms with Crippen LogP contribution < -0.4 is 10.1 Å². The fourth-order valence-electron chi connectivity index (χ4n) is 2.20. The fourth-order valence-corrected chi connectivity index (χ4v) is 2.37. The zero-order chi connectivity index (χ0) is 19.6. The first-order valence-corrected chi connectivity index (χ1v) is 7.82. The summed E-state index contributed by atoms with van der Waals surface area (Å²) in [6.07, 6.45) is -4.72. The van der Waals surface area contributed by atoms with E-state index < -0.39 is 18.0 Å². The van der Waals surface area contributed by atoms with Crippen LogP contribution >= 0.6 is 11.6 Å². The molecular formula is C17H11ClF3N3O3. The minimum atomic E-state index is -4.72. The second kappa shape index (κ2) is 7.28. The third kappa shape index (κ3) is 4.20. The van der Waals surface area contributed by atoms with Gasteiger partial charge >= 0.3 is 12.1 Å². The van der Waals surface area contributed by atoms with Gasteiger partial charge in [-0.25, -0.2) is 0 Å². The van der Waals surface area contributed by atoms with Crippen molar-refractivity contribution >= 4 is 23.2 Å². The summed E-state index contributed by atoms with van der Waals surface area (Å²) < 4.78 is 46.9. The Kier molecular flexibility index (Phi) is 5.04. The van der Waals surface area contributed by atoms with Gasteiger partial charge in [0.05, 0.1) is 12.8 Å². The average molecular weight is 398 g/mol. The van der Waals surface area contributed by atoms with Gasteiger partial charge in [0.25, 0.3) is 5.91 Å². The van der Waals surface area contributed by atoms with Gasteiger partial charge in [0.1, 0.15) is 5.75 Å². The molecule has 1 amide bonds. The first kappa shape index (κ1) is 18.7. The lowest BCUT2D eigenvalue weighted by molar-refractivity contribution is -0.159. The molecule has 27 heavy (non-hydrogen) atoms. The van der Waals surface area contributed by atoms with Crippen LogP contribution in [0.1, 0.15) is 16.2 Å². The van der Waals surface area contributed by atoms with Crippen molar-refractivity contribution in [2.45, 2.75) is 6.18 Å². The summed E-state index contributed by atoms with van der Waals surface area (Å²) in [7, 11) is 1.45. The molecule has 1 aromatic heterocycles. The number of aromatic nitrogens is 2. The van der Waals surface area contributed by atoms with Crippen molar-refractivity contribution in [1.82, 2.24) is 10.1 Å². The van der Waals surface area contributed by atoms with E-state index in [9.17, 15) is 18.0 Å². The van der Waals surface area contributed by atoms with E-state index in [1.165, 1.54) is 37.4 Å². The molecular weight excluding hydrogens is 387 g/mol. The summed E-state index contributed by atoms with van der Waals surface area (Å²) in [6, 6.07) is 10.4. The summed E-state index contributed by atoms with van der Waals surface area (Å²) in [6.45, 7) is 0. The van der Waals surface area contributed by atoms with E-state index in [-0.39, 0.29) is 17.0 Å². The van der Waals surface area contributed by atoms with E-state index in [0.717, 1.165) is 0 Å². The van der Waals surface area contributed by atoms with Crippen LogP contribution in [0.15, 0.2) is 47.0 Å². The Morgan fingerprint density at radius 3 is 2.48 bits per heavy atom. The molecule has 0 aliphatic carbocycles. The van der Waals surface area contributed by atoms with Crippen molar-refractivity contribution in [3.63, 3.8) is 0 Å². The molecule has 0 unspecified atom stereocenters. The van der Waals surface area contributed by atoms with E-state index in [2.05, 4.69) is 20.0 Å². The van der Waals surface area contributed by atoms with Crippen LogP contribution in [0.2, 0.25) is 5.02 Å². The molecule has 10 heteroatoms. The third-order valence-electron chi connectivity index (χ3n) is 3.48. The van der Waals surface area contributed by atoms with Crippen molar-refractivity contribution in [1.29, 1.82) is 0 Å². The van der Waals surface area contributed by atoms with Crippen LogP contribution in [0.5, 0.6) is 5.75 Å². The van der Waals surface area contributed by atoms with Gasteiger partial charge in [-0.05, 0) is 30.3 Å². The molecule has 3 rings (SSSR count). The maximum absolute atomic E-state index is 12.5. The topological polar surface area (TPSA) is 77.2 Å². The van der Waals surface area contributed by atoms with E-state index in [1.54, 1.807) is 12.1 Å². The number of nitrogens with one attached hydrogen (secondary N) is 1. The number of methoxy groups -OCH3 is 1. The minimum Gasteiger partial charge on any atom is -0.495 e.